The molecule has 29 heavy (non-hydrogen) atoms. The van der Waals surface area contributed by atoms with E-state index >= 15 is 0 Å². The molecule has 0 aromatic carbocycles. The minimum Gasteiger partial charge on any atom is -0.373 e. The molecule has 0 fully saturated rings. The SMILES string of the molecule is O=C(CNc1cnn(-c2ccc(C(F)(F)F)cn2)c(=O)c1Cl)Nc1ccccn1. The summed E-state index contributed by atoms with van der Waals surface area (Å²) in [5.74, 6) is -0.218. The predicted molar refractivity (Wildman–Crippen MR) is 99.0 cm³/mol. The van der Waals surface area contributed by atoms with Crippen molar-refractivity contribution in [3.8, 4) is 5.82 Å². The number of aromatic nitrogens is 4. The van der Waals surface area contributed by atoms with E-state index in [1.54, 1.807) is 18.2 Å². The molecule has 3 rings (SSSR count). The third-order valence-electron chi connectivity index (χ3n) is 3.58. The Morgan fingerprint density at radius 2 is 1.93 bits per heavy atom. The van der Waals surface area contributed by atoms with Crippen LogP contribution in [0, 0.1) is 0 Å². The molecule has 12 heteroatoms. The average molecular weight is 425 g/mol. The molecule has 0 radical (unpaired) electrons. The molecule has 0 aliphatic carbocycles. The number of nitrogens with one attached hydrogen (secondary N) is 2. The lowest BCUT2D eigenvalue weighted by molar-refractivity contribution is -0.137. The number of carbonyl (C=O) groups excluding carboxylic acids is 1. The van der Waals surface area contributed by atoms with Gasteiger partial charge in [-0.05, 0) is 24.3 Å². The molecule has 150 valence electrons. The van der Waals surface area contributed by atoms with E-state index in [9.17, 15) is 22.8 Å². The topological polar surface area (TPSA) is 102 Å². The first kappa shape index (κ1) is 20.3. The fourth-order valence-corrected chi connectivity index (χ4v) is 2.39. The molecule has 8 nitrogen and oxygen atoms in total. The number of hydrogen-bond donors (Lipinski definition) is 2. The quantitative estimate of drug-likeness (QED) is 0.653. The Morgan fingerprint density at radius 1 is 1.14 bits per heavy atom. The Bertz CT molecular complexity index is 1070. The molecule has 0 saturated heterocycles. The summed E-state index contributed by atoms with van der Waals surface area (Å²) in [6.07, 6.45) is -1.29. The highest BCUT2D eigenvalue weighted by molar-refractivity contribution is 6.33. The minimum absolute atomic E-state index is 0.0796. The van der Waals surface area contributed by atoms with E-state index in [1.807, 2.05) is 0 Å². The van der Waals surface area contributed by atoms with E-state index in [2.05, 4.69) is 25.7 Å². The first-order valence-corrected chi connectivity index (χ1v) is 8.39. The van der Waals surface area contributed by atoms with Crippen LogP contribution in [-0.4, -0.2) is 32.2 Å². The third-order valence-corrected chi connectivity index (χ3v) is 3.95. The Morgan fingerprint density at radius 3 is 2.55 bits per heavy atom. The molecule has 0 aliphatic heterocycles. The smallest absolute Gasteiger partial charge is 0.373 e. The lowest BCUT2D eigenvalue weighted by Gasteiger charge is -2.11. The third kappa shape index (κ3) is 4.88. The van der Waals surface area contributed by atoms with Crippen molar-refractivity contribution in [2.24, 2.45) is 0 Å². The lowest BCUT2D eigenvalue weighted by atomic mass is 10.3. The van der Waals surface area contributed by atoms with Gasteiger partial charge in [0.25, 0.3) is 5.56 Å². The summed E-state index contributed by atoms with van der Waals surface area (Å²) in [6, 6.07) is 6.77. The van der Waals surface area contributed by atoms with Crippen LogP contribution in [0.1, 0.15) is 5.56 Å². The average Bonchev–Trinajstić information content (AvgIpc) is 2.69. The summed E-state index contributed by atoms with van der Waals surface area (Å²) >= 11 is 6.01. The molecule has 3 heterocycles. The summed E-state index contributed by atoms with van der Waals surface area (Å²) < 4.78 is 38.6. The molecular formula is C17H12ClF3N6O2. The molecule has 0 bridgehead atoms. The molecule has 0 aliphatic rings. The van der Waals surface area contributed by atoms with Crippen molar-refractivity contribution in [1.29, 1.82) is 0 Å². The van der Waals surface area contributed by atoms with Crippen molar-refractivity contribution in [2.75, 3.05) is 17.2 Å². The van der Waals surface area contributed by atoms with Crippen LogP contribution >= 0.6 is 11.6 Å². The number of halogens is 4. The second-order valence-electron chi connectivity index (χ2n) is 5.61. The van der Waals surface area contributed by atoms with E-state index in [0.717, 1.165) is 23.0 Å². The fraction of sp³-hybridized carbons (Fsp3) is 0.118. The van der Waals surface area contributed by atoms with Gasteiger partial charge in [-0.15, -0.1) is 0 Å². The molecule has 3 aromatic rings. The maximum Gasteiger partial charge on any atom is 0.417 e. The fourth-order valence-electron chi connectivity index (χ4n) is 2.20. The Kier molecular flexibility index (Phi) is 5.78. The van der Waals surface area contributed by atoms with E-state index in [4.69, 9.17) is 11.6 Å². The van der Waals surface area contributed by atoms with Crippen LogP contribution in [0.5, 0.6) is 0 Å². The van der Waals surface area contributed by atoms with E-state index < -0.39 is 23.2 Å². The molecule has 0 saturated carbocycles. The van der Waals surface area contributed by atoms with Crippen LogP contribution in [0.4, 0.5) is 24.7 Å². The molecule has 2 N–H and O–H groups in total. The summed E-state index contributed by atoms with van der Waals surface area (Å²) in [5.41, 5.74) is -1.69. The summed E-state index contributed by atoms with van der Waals surface area (Å²) in [5, 5.41) is 8.74. The number of alkyl halides is 3. The van der Waals surface area contributed by atoms with Crippen molar-refractivity contribution in [2.45, 2.75) is 6.18 Å². The monoisotopic (exact) mass is 424 g/mol. The standard InChI is InChI=1S/C17H12ClF3N6O2/c18-15-11(23-9-14(28)26-12-3-1-2-6-22-12)8-25-27(16(15)29)13-5-4-10(7-24-13)17(19,20)21/h1-8,23H,9H2,(H,22,26,28). The second kappa shape index (κ2) is 8.27. The lowest BCUT2D eigenvalue weighted by Crippen LogP contribution is -2.26. The van der Waals surface area contributed by atoms with Crippen molar-refractivity contribution < 1.29 is 18.0 Å². The summed E-state index contributed by atoms with van der Waals surface area (Å²) in [7, 11) is 0. The van der Waals surface area contributed by atoms with Gasteiger partial charge < -0.3 is 10.6 Å². The van der Waals surface area contributed by atoms with E-state index in [0.29, 0.717) is 12.0 Å². The Balaban J connectivity index is 1.72. The highest BCUT2D eigenvalue weighted by Crippen LogP contribution is 2.28. The highest BCUT2D eigenvalue weighted by Gasteiger charge is 2.30. The Hall–Kier alpha value is -3.47. The largest absolute Gasteiger partial charge is 0.417 e. The van der Waals surface area contributed by atoms with Gasteiger partial charge in [0.05, 0.1) is 24.0 Å². The van der Waals surface area contributed by atoms with Crippen molar-refractivity contribution in [3.63, 3.8) is 0 Å². The van der Waals surface area contributed by atoms with Gasteiger partial charge in [0.2, 0.25) is 5.91 Å². The van der Waals surface area contributed by atoms with Crippen molar-refractivity contribution >= 4 is 29.0 Å². The normalized spacial score (nSPS) is 11.2. The number of carbonyl (C=O) groups is 1. The first-order chi connectivity index (χ1) is 13.8. The molecule has 3 aromatic heterocycles. The van der Waals surface area contributed by atoms with E-state index in [-0.39, 0.29) is 23.1 Å². The number of anilines is 2. The maximum atomic E-state index is 12.6. The van der Waals surface area contributed by atoms with E-state index in [1.165, 1.54) is 6.20 Å². The van der Waals surface area contributed by atoms with Gasteiger partial charge in [0, 0.05) is 12.4 Å². The summed E-state index contributed by atoms with van der Waals surface area (Å²) in [6.45, 7) is -0.222. The van der Waals surface area contributed by atoms with Crippen LogP contribution < -0.4 is 16.2 Å². The van der Waals surface area contributed by atoms with Crippen LogP contribution in [-0.2, 0) is 11.0 Å². The highest BCUT2D eigenvalue weighted by atomic mass is 35.5. The minimum atomic E-state index is -4.55. The number of pyridine rings is 2. The molecule has 0 spiro atoms. The van der Waals surface area contributed by atoms with Crippen LogP contribution in [0.2, 0.25) is 5.02 Å². The van der Waals surface area contributed by atoms with Gasteiger partial charge in [0.1, 0.15) is 10.8 Å². The van der Waals surface area contributed by atoms with Crippen molar-refractivity contribution in [1.82, 2.24) is 19.7 Å². The zero-order chi connectivity index (χ0) is 21.0. The number of rotatable bonds is 5. The molecule has 0 unspecified atom stereocenters. The van der Waals surface area contributed by atoms with Gasteiger partial charge in [0.15, 0.2) is 5.82 Å². The van der Waals surface area contributed by atoms with Crippen LogP contribution in [0.15, 0.2) is 53.7 Å². The number of hydrogen-bond acceptors (Lipinski definition) is 6. The zero-order valence-corrected chi connectivity index (χ0v) is 15.2. The predicted octanol–water partition coefficient (Wildman–Crippen LogP) is 2.75. The van der Waals surface area contributed by atoms with Gasteiger partial charge >= 0.3 is 6.18 Å². The van der Waals surface area contributed by atoms with Crippen LogP contribution in [0.3, 0.4) is 0 Å². The number of amides is 1. The van der Waals surface area contributed by atoms with Gasteiger partial charge in [-0.2, -0.15) is 23.0 Å². The van der Waals surface area contributed by atoms with Crippen LogP contribution in [0.25, 0.3) is 5.82 Å². The van der Waals surface area contributed by atoms with Crippen molar-refractivity contribution in [3.05, 3.63) is 69.9 Å². The molecule has 0 atom stereocenters. The van der Waals surface area contributed by atoms with Gasteiger partial charge in [-0.1, -0.05) is 17.7 Å². The maximum absolute atomic E-state index is 12.6. The number of nitrogens with zero attached hydrogens (tertiary/aromatic N) is 4. The zero-order valence-electron chi connectivity index (χ0n) is 14.4. The summed E-state index contributed by atoms with van der Waals surface area (Å²) in [4.78, 5) is 31.8. The second-order valence-corrected chi connectivity index (χ2v) is 5.99. The van der Waals surface area contributed by atoms with Gasteiger partial charge in [-0.3, -0.25) is 9.59 Å². The molecule has 1 amide bonds. The van der Waals surface area contributed by atoms with Gasteiger partial charge in [-0.25, -0.2) is 9.97 Å². The Labute approximate surface area is 166 Å². The first-order valence-electron chi connectivity index (χ1n) is 8.02. The molecular weight excluding hydrogens is 413 g/mol.